The van der Waals surface area contributed by atoms with Crippen LogP contribution in [0, 0.1) is 11.8 Å². The zero-order valence-corrected chi connectivity index (χ0v) is 12.8. The summed E-state index contributed by atoms with van der Waals surface area (Å²) in [5, 5.41) is 0. The van der Waals surface area contributed by atoms with E-state index >= 15 is 0 Å². The Morgan fingerprint density at radius 2 is 2.00 bits per heavy atom. The molecule has 1 fully saturated rings. The predicted octanol–water partition coefficient (Wildman–Crippen LogP) is 1.73. The Hall–Kier alpha value is -0.610. The molecule has 0 aromatic heterocycles. The molecule has 0 heterocycles. The van der Waals surface area contributed by atoms with Crippen molar-refractivity contribution in [3.8, 4) is 0 Å². The van der Waals surface area contributed by atoms with Crippen molar-refractivity contribution in [2.75, 3.05) is 19.6 Å². The van der Waals surface area contributed by atoms with E-state index in [1.54, 1.807) is 0 Å². The minimum Gasteiger partial charge on any atom is -0.369 e. The van der Waals surface area contributed by atoms with Crippen LogP contribution >= 0.6 is 0 Å². The van der Waals surface area contributed by atoms with E-state index in [9.17, 15) is 4.79 Å². The zero-order valence-electron chi connectivity index (χ0n) is 12.8. The first-order chi connectivity index (χ1) is 8.95. The molecule has 1 aliphatic rings. The maximum atomic E-state index is 11.3. The highest BCUT2D eigenvalue weighted by atomic mass is 16.1. The van der Waals surface area contributed by atoms with Gasteiger partial charge in [-0.3, -0.25) is 9.69 Å². The standard InChI is InChI=1S/C15H31N3O/c1-4-9-18(10-13(3)14(17)19)15(11-16)7-5-12(2)6-8-15/h12-13H,4-11,16H2,1-3H3,(H2,17,19). The van der Waals surface area contributed by atoms with Crippen LogP contribution in [0.15, 0.2) is 0 Å². The average Bonchev–Trinajstić information content (AvgIpc) is 2.39. The summed E-state index contributed by atoms with van der Waals surface area (Å²) >= 11 is 0. The van der Waals surface area contributed by atoms with Gasteiger partial charge in [-0.1, -0.05) is 20.8 Å². The molecule has 0 aliphatic heterocycles. The molecule has 0 saturated heterocycles. The number of carbonyl (C=O) groups excluding carboxylic acids is 1. The molecule has 1 rings (SSSR count). The molecule has 4 nitrogen and oxygen atoms in total. The summed E-state index contributed by atoms with van der Waals surface area (Å²) in [7, 11) is 0. The second-order valence-corrected chi connectivity index (χ2v) is 6.36. The van der Waals surface area contributed by atoms with Gasteiger partial charge in [0.2, 0.25) is 5.91 Å². The summed E-state index contributed by atoms with van der Waals surface area (Å²) in [6, 6.07) is 0. The van der Waals surface area contributed by atoms with Gasteiger partial charge in [-0.15, -0.1) is 0 Å². The second kappa shape index (κ2) is 7.25. The Balaban J connectivity index is 2.78. The topological polar surface area (TPSA) is 72.3 Å². The molecule has 112 valence electrons. The van der Waals surface area contributed by atoms with Crippen LogP contribution in [0.3, 0.4) is 0 Å². The van der Waals surface area contributed by atoms with Crippen molar-refractivity contribution in [2.24, 2.45) is 23.3 Å². The third kappa shape index (κ3) is 4.18. The van der Waals surface area contributed by atoms with Gasteiger partial charge in [-0.2, -0.15) is 0 Å². The molecule has 0 aromatic carbocycles. The molecule has 1 unspecified atom stereocenters. The summed E-state index contributed by atoms with van der Waals surface area (Å²) in [4.78, 5) is 13.8. The van der Waals surface area contributed by atoms with Gasteiger partial charge in [0.05, 0.1) is 0 Å². The lowest BCUT2D eigenvalue weighted by Gasteiger charge is -2.48. The fourth-order valence-electron chi connectivity index (χ4n) is 3.16. The van der Waals surface area contributed by atoms with Gasteiger partial charge in [0, 0.05) is 24.5 Å². The van der Waals surface area contributed by atoms with Gasteiger partial charge in [0.15, 0.2) is 0 Å². The van der Waals surface area contributed by atoms with Gasteiger partial charge >= 0.3 is 0 Å². The number of carbonyl (C=O) groups is 1. The Kier molecular flexibility index (Phi) is 6.27. The van der Waals surface area contributed by atoms with Crippen molar-refractivity contribution < 1.29 is 4.79 Å². The molecule has 0 radical (unpaired) electrons. The maximum absolute atomic E-state index is 11.3. The number of nitrogens with two attached hydrogens (primary N) is 2. The first-order valence-electron chi connectivity index (χ1n) is 7.69. The molecule has 1 atom stereocenters. The average molecular weight is 269 g/mol. The number of hydrogen-bond acceptors (Lipinski definition) is 3. The summed E-state index contributed by atoms with van der Waals surface area (Å²) in [6.45, 7) is 8.85. The fourth-order valence-corrected chi connectivity index (χ4v) is 3.16. The van der Waals surface area contributed by atoms with E-state index in [0.717, 1.165) is 38.3 Å². The Bertz CT molecular complexity index is 285. The van der Waals surface area contributed by atoms with Crippen LogP contribution in [0.1, 0.15) is 52.9 Å². The summed E-state index contributed by atoms with van der Waals surface area (Å²) in [5.41, 5.74) is 11.6. The summed E-state index contributed by atoms with van der Waals surface area (Å²) < 4.78 is 0. The molecule has 4 heteroatoms. The van der Waals surface area contributed by atoms with E-state index in [0.29, 0.717) is 6.54 Å². The zero-order chi connectivity index (χ0) is 14.5. The quantitative estimate of drug-likeness (QED) is 0.739. The molecular weight excluding hydrogens is 238 g/mol. The van der Waals surface area contributed by atoms with E-state index in [-0.39, 0.29) is 17.4 Å². The molecule has 1 aliphatic carbocycles. The number of rotatable bonds is 7. The van der Waals surface area contributed by atoms with E-state index in [1.165, 1.54) is 12.8 Å². The van der Waals surface area contributed by atoms with Crippen LogP contribution < -0.4 is 11.5 Å². The second-order valence-electron chi connectivity index (χ2n) is 6.36. The minimum atomic E-state index is -0.211. The third-order valence-electron chi connectivity index (χ3n) is 4.73. The summed E-state index contributed by atoms with van der Waals surface area (Å²) in [6.07, 6.45) is 5.86. The van der Waals surface area contributed by atoms with Crippen LogP contribution in [0.5, 0.6) is 0 Å². The number of amides is 1. The highest BCUT2D eigenvalue weighted by Gasteiger charge is 2.38. The molecular formula is C15H31N3O. The van der Waals surface area contributed by atoms with Crippen LogP contribution in [-0.4, -0.2) is 36.0 Å². The van der Waals surface area contributed by atoms with Crippen LogP contribution in [0.2, 0.25) is 0 Å². The van der Waals surface area contributed by atoms with Gasteiger partial charge < -0.3 is 11.5 Å². The van der Waals surface area contributed by atoms with Crippen molar-refractivity contribution in [1.82, 2.24) is 4.90 Å². The highest BCUT2D eigenvalue weighted by Crippen LogP contribution is 2.36. The maximum Gasteiger partial charge on any atom is 0.221 e. The van der Waals surface area contributed by atoms with Crippen LogP contribution in [0.25, 0.3) is 0 Å². The number of primary amides is 1. The molecule has 1 amide bonds. The number of hydrogen-bond donors (Lipinski definition) is 2. The van der Waals surface area contributed by atoms with Gasteiger partial charge in [-0.05, 0) is 44.6 Å². The first-order valence-corrected chi connectivity index (χ1v) is 7.69. The lowest BCUT2D eigenvalue weighted by atomic mass is 9.75. The van der Waals surface area contributed by atoms with Gasteiger partial charge in [0.25, 0.3) is 0 Å². The SMILES string of the molecule is CCCN(CC(C)C(N)=O)C1(CN)CCC(C)CC1. The molecule has 19 heavy (non-hydrogen) atoms. The smallest absolute Gasteiger partial charge is 0.221 e. The van der Waals surface area contributed by atoms with Crippen molar-refractivity contribution in [2.45, 2.75) is 58.4 Å². The Morgan fingerprint density at radius 3 is 2.42 bits per heavy atom. The molecule has 0 bridgehead atoms. The van der Waals surface area contributed by atoms with E-state index in [1.807, 2.05) is 6.92 Å². The first kappa shape index (κ1) is 16.4. The van der Waals surface area contributed by atoms with E-state index in [2.05, 4.69) is 18.7 Å². The number of nitrogens with zero attached hydrogens (tertiary/aromatic N) is 1. The third-order valence-corrected chi connectivity index (χ3v) is 4.73. The summed E-state index contributed by atoms with van der Waals surface area (Å²) in [5.74, 6) is 0.489. The van der Waals surface area contributed by atoms with E-state index < -0.39 is 0 Å². The Morgan fingerprint density at radius 1 is 1.42 bits per heavy atom. The van der Waals surface area contributed by atoms with Crippen LogP contribution in [-0.2, 0) is 4.79 Å². The minimum absolute atomic E-state index is 0.0895. The predicted molar refractivity (Wildman–Crippen MR) is 79.6 cm³/mol. The van der Waals surface area contributed by atoms with Crippen molar-refractivity contribution in [3.05, 3.63) is 0 Å². The molecule has 4 N–H and O–H groups in total. The molecule has 1 saturated carbocycles. The van der Waals surface area contributed by atoms with Gasteiger partial charge in [-0.25, -0.2) is 0 Å². The lowest BCUT2D eigenvalue weighted by Crippen LogP contribution is -2.57. The Labute approximate surface area is 117 Å². The van der Waals surface area contributed by atoms with Gasteiger partial charge in [0.1, 0.15) is 0 Å². The van der Waals surface area contributed by atoms with Crippen molar-refractivity contribution in [3.63, 3.8) is 0 Å². The molecule has 0 aromatic rings. The van der Waals surface area contributed by atoms with E-state index in [4.69, 9.17) is 11.5 Å². The normalized spacial score (nSPS) is 29.4. The van der Waals surface area contributed by atoms with Crippen molar-refractivity contribution in [1.29, 1.82) is 0 Å². The molecule has 0 spiro atoms. The van der Waals surface area contributed by atoms with Crippen molar-refractivity contribution >= 4 is 5.91 Å². The lowest BCUT2D eigenvalue weighted by molar-refractivity contribution is -0.122. The largest absolute Gasteiger partial charge is 0.369 e. The van der Waals surface area contributed by atoms with Crippen LogP contribution in [0.4, 0.5) is 0 Å². The fraction of sp³-hybridized carbons (Fsp3) is 0.933. The highest BCUT2D eigenvalue weighted by molar-refractivity contribution is 5.76. The monoisotopic (exact) mass is 269 g/mol.